The topological polar surface area (TPSA) is 40.5 Å². The van der Waals surface area contributed by atoms with Crippen molar-refractivity contribution in [3.63, 3.8) is 0 Å². The highest BCUT2D eigenvalue weighted by atomic mass is 16.3. The molecule has 0 heterocycles. The normalized spacial score (nSPS) is 11.3. The summed E-state index contributed by atoms with van der Waals surface area (Å²) in [5.74, 6) is 0.514. The van der Waals surface area contributed by atoms with Gasteiger partial charge in [0.2, 0.25) is 0 Å². The van der Waals surface area contributed by atoms with E-state index in [1.165, 1.54) is 31.2 Å². The Bertz CT molecular complexity index is 806. The van der Waals surface area contributed by atoms with Gasteiger partial charge in [-0.3, -0.25) is 0 Å². The number of aryl methyl sites for hydroxylation is 1. The molecule has 114 valence electrons. The molecule has 0 saturated carbocycles. The van der Waals surface area contributed by atoms with Gasteiger partial charge in [0.15, 0.2) is 0 Å². The number of phenolic OH excluding ortho intramolecular Hbond substituents is 2. The summed E-state index contributed by atoms with van der Waals surface area (Å²) in [6.45, 7) is 2.21. The molecule has 2 N–H and O–H groups in total. The average Bonchev–Trinajstić information content (AvgIpc) is 2.56. The molecule has 2 nitrogen and oxygen atoms in total. The first-order valence-corrected chi connectivity index (χ1v) is 8.07. The molecule has 0 radical (unpaired) electrons. The van der Waals surface area contributed by atoms with E-state index in [9.17, 15) is 10.2 Å². The highest BCUT2D eigenvalue weighted by molar-refractivity contribution is 6.10. The highest BCUT2D eigenvalue weighted by Gasteiger charge is 2.12. The zero-order valence-electron chi connectivity index (χ0n) is 13.0. The first-order valence-electron chi connectivity index (χ1n) is 8.07. The van der Waals surface area contributed by atoms with Crippen molar-refractivity contribution in [3.05, 3.63) is 48.0 Å². The second-order valence-electron chi connectivity index (χ2n) is 5.93. The van der Waals surface area contributed by atoms with Gasteiger partial charge in [-0.15, -0.1) is 0 Å². The molecule has 0 spiro atoms. The molecule has 0 aliphatic rings. The highest BCUT2D eigenvalue weighted by Crippen LogP contribution is 2.41. The summed E-state index contributed by atoms with van der Waals surface area (Å²) in [6, 6.07) is 13.4. The molecule has 0 saturated heterocycles. The van der Waals surface area contributed by atoms with Crippen molar-refractivity contribution in [3.8, 4) is 11.5 Å². The van der Waals surface area contributed by atoms with E-state index in [0.29, 0.717) is 16.2 Å². The number of phenols is 2. The number of fused-ring (bicyclic) bond motifs is 2. The van der Waals surface area contributed by atoms with Crippen LogP contribution in [0.4, 0.5) is 0 Å². The summed E-state index contributed by atoms with van der Waals surface area (Å²) < 4.78 is 0. The molecule has 0 atom stereocenters. The molecule has 0 bridgehead atoms. The fraction of sp³-hybridized carbons (Fsp3) is 0.300. The van der Waals surface area contributed by atoms with Crippen molar-refractivity contribution in [1.29, 1.82) is 0 Å². The van der Waals surface area contributed by atoms with E-state index in [-0.39, 0.29) is 11.5 Å². The van der Waals surface area contributed by atoms with Gasteiger partial charge in [0.05, 0.1) is 0 Å². The van der Waals surface area contributed by atoms with E-state index in [2.05, 4.69) is 13.0 Å². The number of rotatable bonds is 5. The SMILES string of the molecule is CCCCCCc1ccc2c(O)c3ccccc3c(O)c2c1. The average molecular weight is 294 g/mol. The van der Waals surface area contributed by atoms with Crippen LogP contribution >= 0.6 is 0 Å². The molecule has 3 aromatic rings. The fourth-order valence-electron chi connectivity index (χ4n) is 3.09. The smallest absolute Gasteiger partial charge is 0.131 e. The van der Waals surface area contributed by atoms with E-state index in [0.717, 1.165) is 11.8 Å². The minimum atomic E-state index is 0.251. The maximum atomic E-state index is 10.6. The zero-order chi connectivity index (χ0) is 15.5. The third kappa shape index (κ3) is 2.61. The van der Waals surface area contributed by atoms with Gasteiger partial charge in [-0.2, -0.15) is 0 Å². The second-order valence-corrected chi connectivity index (χ2v) is 5.93. The van der Waals surface area contributed by atoms with Crippen LogP contribution in [0.15, 0.2) is 42.5 Å². The molecule has 2 heteroatoms. The predicted octanol–water partition coefficient (Wildman–Crippen LogP) is 5.53. The first-order chi connectivity index (χ1) is 10.7. The van der Waals surface area contributed by atoms with E-state index in [1.807, 2.05) is 36.4 Å². The van der Waals surface area contributed by atoms with Crippen LogP contribution in [0.2, 0.25) is 0 Å². The molecular formula is C20H22O2. The van der Waals surface area contributed by atoms with Crippen LogP contribution in [0.25, 0.3) is 21.5 Å². The second kappa shape index (κ2) is 6.27. The number of unbranched alkanes of at least 4 members (excludes halogenated alkanes) is 3. The predicted molar refractivity (Wildman–Crippen MR) is 92.6 cm³/mol. The maximum absolute atomic E-state index is 10.6. The van der Waals surface area contributed by atoms with Crippen molar-refractivity contribution >= 4 is 21.5 Å². The molecule has 0 aliphatic carbocycles. The summed E-state index contributed by atoms with van der Waals surface area (Å²) in [7, 11) is 0. The Balaban J connectivity index is 2.04. The standard InChI is InChI=1S/C20H22O2/c1-2-3-4-5-8-14-11-12-17-18(13-14)20(22)16-10-7-6-9-15(16)19(17)21/h6-7,9-13,21-22H,2-5,8H2,1H3. The monoisotopic (exact) mass is 294 g/mol. The lowest BCUT2D eigenvalue weighted by molar-refractivity contribution is 0.478. The molecule has 3 rings (SSSR count). The lowest BCUT2D eigenvalue weighted by atomic mass is 9.97. The van der Waals surface area contributed by atoms with Gasteiger partial charge in [0.1, 0.15) is 11.5 Å². The summed E-state index contributed by atoms with van der Waals surface area (Å²) in [4.78, 5) is 0. The molecule has 0 aliphatic heterocycles. The van der Waals surface area contributed by atoms with E-state index in [4.69, 9.17) is 0 Å². The minimum Gasteiger partial charge on any atom is -0.507 e. The Morgan fingerprint density at radius 2 is 1.36 bits per heavy atom. The maximum Gasteiger partial charge on any atom is 0.131 e. The number of hydrogen-bond donors (Lipinski definition) is 2. The van der Waals surface area contributed by atoms with Gasteiger partial charge in [-0.25, -0.2) is 0 Å². The quantitative estimate of drug-likeness (QED) is 0.369. The third-order valence-electron chi connectivity index (χ3n) is 4.35. The van der Waals surface area contributed by atoms with Crippen molar-refractivity contribution in [2.75, 3.05) is 0 Å². The number of aromatic hydroxyl groups is 2. The largest absolute Gasteiger partial charge is 0.507 e. The molecule has 0 fully saturated rings. The van der Waals surface area contributed by atoms with Gasteiger partial charge < -0.3 is 10.2 Å². The molecule has 0 unspecified atom stereocenters. The number of benzene rings is 3. The molecule has 3 aromatic carbocycles. The van der Waals surface area contributed by atoms with Crippen molar-refractivity contribution < 1.29 is 10.2 Å². The van der Waals surface area contributed by atoms with Crippen LogP contribution in [0, 0.1) is 0 Å². The van der Waals surface area contributed by atoms with Crippen LogP contribution in [0.1, 0.15) is 38.2 Å². The summed E-state index contributed by atoms with van der Waals surface area (Å²) in [5.41, 5.74) is 1.22. The van der Waals surface area contributed by atoms with Gasteiger partial charge in [0, 0.05) is 21.5 Å². The van der Waals surface area contributed by atoms with Crippen LogP contribution < -0.4 is 0 Å². The Morgan fingerprint density at radius 1 is 0.727 bits per heavy atom. The van der Waals surface area contributed by atoms with Crippen molar-refractivity contribution in [1.82, 2.24) is 0 Å². The Morgan fingerprint density at radius 3 is 2.05 bits per heavy atom. The Hall–Kier alpha value is -2.22. The van der Waals surface area contributed by atoms with E-state index >= 15 is 0 Å². The Kier molecular flexibility index (Phi) is 4.19. The van der Waals surface area contributed by atoms with E-state index in [1.54, 1.807) is 0 Å². The van der Waals surface area contributed by atoms with Crippen LogP contribution in [-0.2, 0) is 6.42 Å². The minimum absolute atomic E-state index is 0.251. The van der Waals surface area contributed by atoms with Crippen molar-refractivity contribution in [2.24, 2.45) is 0 Å². The van der Waals surface area contributed by atoms with Crippen molar-refractivity contribution in [2.45, 2.75) is 39.0 Å². The summed E-state index contributed by atoms with van der Waals surface area (Å²) in [5, 5.41) is 23.9. The molecule has 22 heavy (non-hydrogen) atoms. The molecular weight excluding hydrogens is 272 g/mol. The van der Waals surface area contributed by atoms with Gasteiger partial charge >= 0.3 is 0 Å². The van der Waals surface area contributed by atoms with Gasteiger partial charge in [-0.1, -0.05) is 62.6 Å². The lowest BCUT2D eigenvalue weighted by Gasteiger charge is -2.11. The summed E-state index contributed by atoms with van der Waals surface area (Å²) >= 11 is 0. The van der Waals surface area contributed by atoms with E-state index < -0.39 is 0 Å². The lowest BCUT2D eigenvalue weighted by Crippen LogP contribution is -1.88. The fourth-order valence-corrected chi connectivity index (χ4v) is 3.09. The third-order valence-corrected chi connectivity index (χ3v) is 4.35. The van der Waals surface area contributed by atoms with Crippen LogP contribution in [0.3, 0.4) is 0 Å². The molecule has 0 aromatic heterocycles. The van der Waals surface area contributed by atoms with Crippen LogP contribution in [0.5, 0.6) is 11.5 Å². The summed E-state index contributed by atoms with van der Waals surface area (Å²) in [6.07, 6.45) is 5.93. The Labute approximate surface area is 131 Å². The number of hydrogen-bond acceptors (Lipinski definition) is 2. The van der Waals surface area contributed by atoms with Gasteiger partial charge in [-0.05, 0) is 24.5 Å². The van der Waals surface area contributed by atoms with Crippen LogP contribution in [-0.4, -0.2) is 10.2 Å². The zero-order valence-corrected chi connectivity index (χ0v) is 13.0. The first kappa shape index (κ1) is 14.7. The molecule has 0 amide bonds. The van der Waals surface area contributed by atoms with Gasteiger partial charge in [0.25, 0.3) is 0 Å².